The van der Waals surface area contributed by atoms with Gasteiger partial charge < -0.3 is 9.72 Å². The highest BCUT2D eigenvalue weighted by atomic mass is 35.5. The van der Waals surface area contributed by atoms with Gasteiger partial charge in [0.1, 0.15) is 5.69 Å². The molecule has 4 heteroatoms. The summed E-state index contributed by atoms with van der Waals surface area (Å²) in [5, 5.41) is 0. The third kappa shape index (κ3) is 3.37. The number of alkyl halides is 1. The summed E-state index contributed by atoms with van der Waals surface area (Å²) >= 11 is 5.61. The molecule has 1 rings (SSSR count). The molecule has 17 heavy (non-hydrogen) atoms. The predicted molar refractivity (Wildman–Crippen MR) is 70.6 cm³/mol. The highest BCUT2D eigenvalue weighted by Gasteiger charge is 2.16. The van der Waals surface area contributed by atoms with Crippen molar-refractivity contribution < 1.29 is 9.53 Å². The SMILES string of the molecule is CCOC(=O)c1[nH]c(C)c(C=CCCCl)c1C. The van der Waals surface area contributed by atoms with Crippen molar-refractivity contribution in [3.8, 4) is 0 Å². The quantitative estimate of drug-likeness (QED) is 0.647. The molecular weight excluding hydrogens is 238 g/mol. The van der Waals surface area contributed by atoms with Crippen molar-refractivity contribution in [2.45, 2.75) is 27.2 Å². The summed E-state index contributed by atoms with van der Waals surface area (Å²) in [5.74, 6) is 0.300. The number of aromatic amines is 1. The van der Waals surface area contributed by atoms with Gasteiger partial charge in [-0.05, 0) is 38.3 Å². The van der Waals surface area contributed by atoms with Crippen LogP contribution in [-0.2, 0) is 4.74 Å². The van der Waals surface area contributed by atoms with Crippen molar-refractivity contribution in [2.75, 3.05) is 12.5 Å². The molecule has 0 amide bonds. The van der Waals surface area contributed by atoms with Crippen LogP contribution in [0.2, 0.25) is 0 Å². The molecule has 0 aliphatic heterocycles. The van der Waals surface area contributed by atoms with E-state index >= 15 is 0 Å². The van der Waals surface area contributed by atoms with Crippen molar-refractivity contribution in [1.29, 1.82) is 0 Å². The predicted octanol–water partition coefficient (Wildman–Crippen LogP) is 3.45. The van der Waals surface area contributed by atoms with E-state index in [0.29, 0.717) is 18.2 Å². The van der Waals surface area contributed by atoms with Crippen LogP contribution in [-0.4, -0.2) is 23.4 Å². The minimum atomic E-state index is -0.301. The van der Waals surface area contributed by atoms with Crippen LogP contribution in [0.1, 0.15) is 40.7 Å². The number of aryl methyl sites for hydroxylation is 1. The Bertz CT molecular complexity index is 421. The lowest BCUT2D eigenvalue weighted by Crippen LogP contribution is -2.06. The zero-order valence-corrected chi connectivity index (χ0v) is 11.2. The molecular formula is C13H18ClNO2. The zero-order chi connectivity index (χ0) is 12.8. The average Bonchev–Trinajstić information content (AvgIpc) is 2.57. The van der Waals surface area contributed by atoms with Gasteiger partial charge in [-0.1, -0.05) is 12.2 Å². The number of hydrogen-bond donors (Lipinski definition) is 1. The first kappa shape index (κ1) is 13.8. The molecule has 94 valence electrons. The Kier molecular flexibility index (Phi) is 5.29. The summed E-state index contributed by atoms with van der Waals surface area (Å²) < 4.78 is 4.99. The number of aromatic nitrogens is 1. The topological polar surface area (TPSA) is 42.1 Å². The molecule has 3 nitrogen and oxygen atoms in total. The van der Waals surface area contributed by atoms with Gasteiger partial charge in [0.15, 0.2) is 0 Å². The van der Waals surface area contributed by atoms with Gasteiger partial charge in [0.25, 0.3) is 0 Å². The molecule has 0 aliphatic carbocycles. The highest BCUT2D eigenvalue weighted by molar-refractivity contribution is 6.17. The summed E-state index contributed by atoms with van der Waals surface area (Å²) in [5.41, 5.74) is 3.47. The van der Waals surface area contributed by atoms with E-state index in [2.05, 4.69) is 4.98 Å². The van der Waals surface area contributed by atoms with Crippen molar-refractivity contribution in [1.82, 2.24) is 4.98 Å². The molecule has 1 aromatic rings. The number of carbonyl (C=O) groups is 1. The Balaban J connectivity index is 2.97. The smallest absolute Gasteiger partial charge is 0.355 e. The monoisotopic (exact) mass is 255 g/mol. The summed E-state index contributed by atoms with van der Waals surface area (Å²) in [6.07, 6.45) is 4.82. The number of H-pyrrole nitrogens is 1. The first-order valence-corrected chi connectivity index (χ1v) is 6.24. The average molecular weight is 256 g/mol. The van der Waals surface area contributed by atoms with E-state index in [4.69, 9.17) is 16.3 Å². The Morgan fingerprint density at radius 2 is 2.18 bits per heavy atom. The Morgan fingerprint density at radius 1 is 1.47 bits per heavy atom. The van der Waals surface area contributed by atoms with Crippen LogP contribution in [0.25, 0.3) is 6.08 Å². The molecule has 0 saturated heterocycles. The van der Waals surface area contributed by atoms with E-state index in [1.54, 1.807) is 6.92 Å². The number of ether oxygens (including phenoxy) is 1. The molecule has 1 heterocycles. The molecule has 0 aliphatic rings. The molecule has 0 bridgehead atoms. The van der Waals surface area contributed by atoms with E-state index in [0.717, 1.165) is 23.2 Å². The normalized spacial score (nSPS) is 11.1. The molecule has 0 unspecified atom stereocenters. The largest absolute Gasteiger partial charge is 0.461 e. The van der Waals surface area contributed by atoms with Crippen LogP contribution in [0.3, 0.4) is 0 Å². The molecule has 0 spiro atoms. The van der Waals surface area contributed by atoms with Crippen molar-refractivity contribution in [2.24, 2.45) is 0 Å². The highest BCUT2D eigenvalue weighted by Crippen LogP contribution is 2.20. The minimum absolute atomic E-state index is 0.301. The van der Waals surface area contributed by atoms with Crippen LogP contribution in [0.5, 0.6) is 0 Å². The molecule has 0 atom stereocenters. The van der Waals surface area contributed by atoms with E-state index in [1.165, 1.54) is 0 Å². The number of carbonyl (C=O) groups excluding carboxylic acids is 1. The molecule has 0 saturated carbocycles. The lowest BCUT2D eigenvalue weighted by molar-refractivity contribution is 0.0519. The van der Waals surface area contributed by atoms with Gasteiger partial charge in [-0.3, -0.25) is 0 Å². The van der Waals surface area contributed by atoms with Crippen LogP contribution >= 0.6 is 11.6 Å². The minimum Gasteiger partial charge on any atom is -0.461 e. The maximum Gasteiger partial charge on any atom is 0.355 e. The first-order valence-electron chi connectivity index (χ1n) is 5.70. The number of hydrogen-bond acceptors (Lipinski definition) is 2. The van der Waals surface area contributed by atoms with E-state index < -0.39 is 0 Å². The van der Waals surface area contributed by atoms with E-state index in [1.807, 2.05) is 26.0 Å². The second-order valence-corrected chi connectivity index (χ2v) is 4.14. The molecule has 0 radical (unpaired) electrons. The summed E-state index contributed by atoms with van der Waals surface area (Å²) in [6, 6.07) is 0. The van der Waals surface area contributed by atoms with Gasteiger partial charge in [-0.15, -0.1) is 11.6 Å². The summed E-state index contributed by atoms with van der Waals surface area (Å²) in [4.78, 5) is 14.7. The molecule has 0 aromatic carbocycles. The van der Waals surface area contributed by atoms with Crippen LogP contribution in [0.15, 0.2) is 6.08 Å². The van der Waals surface area contributed by atoms with Gasteiger partial charge >= 0.3 is 5.97 Å². The summed E-state index contributed by atoms with van der Waals surface area (Å²) in [6.45, 7) is 6.03. The fourth-order valence-corrected chi connectivity index (χ4v) is 1.81. The maximum atomic E-state index is 11.7. The third-order valence-corrected chi connectivity index (χ3v) is 2.75. The Hall–Kier alpha value is -1.22. The number of rotatable bonds is 5. The lowest BCUT2D eigenvalue weighted by atomic mass is 10.1. The second kappa shape index (κ2) is 6.50. The second-order valence-electron chi connectivity index (χ2n) is 3.76. The van der Waals surface area contributed by atoms with E-state index in [9.17, 15) is 4.79 Å². The van der Waals surface area contributed by atoms with Gasteiger partial charge in [0, 0.05) is 11.6 Å². The Labute approximate surface area is 107 Å². The molecule has 0 fully saturated rings. The number of esters is 1. The van der Waals surface area contributed by atoms with Crippen molar-refractivity contribution in [3.05, 3.63) is 28.6 Å². The fraction of sp³-hybridized carbons (Fsp3) is 0.462. The van der Waals surface area contributed by atoms with Gasteiger partial charge in [-0.25, -0.2) is 4.79 Å². The van der Waals surface area contributed by atoms with Crippen molar-refractivity contribution in [3.63, 3.8) is 0 Å². The van der Waals surface area contributed by atoms with Crippen LogP contribution in [0.4, 0.5) is 0 Å². The van der Waals surface area contributed by atoms with E-state index in [-0.39, 0.29) is 5.97 Å². The molecule has 1 aromatic heterocycles. The number of allylic oxidation sites excluding steroid dienone is 1. The standard InChI is InChI=1S/C13H18ClNO2/c1-4-17-13(16)12-9(2)11(10(3)15-12)7-5-6-8-14/h5,7,15H,4,6,8H2,1-3H3. The fourth-order valence-electron chi connectivity index (χ4n) is 1.69. The van der Waals surface area contributed by atoms with Crippen LogP contribution < -0.4 is 0 Å². The van der Waals surface area contributed by atoms with Gasteiger partial charge in [-0.2, -0.15) is 0 Å². The van der Waals surface area contributed by atoms with Crippen LogP contribution in [0, 0.1) is 13.8 Å². The Morgan fingerprint density at radius 3 is 2.76 bits per heavy atom. The van der Waals surface area contributed by atoms with Crippen molar-refractivity contribution >= 4 is 23.6 Å². The first-order chi connectivity index (χ1) is 8.11. The molecule has 1 N–H and O–H groups in total. The third-order valence-electron chi connectivity index (χ3n) is 2.54. The summed E-state index contributed by atoms with van der Waals surface area (Å²) in [7, 11) is 0. The zero-order valence-electron chi connectivity index (χ0n) is 10.5. The maximum absolute atomic E-state index is 11.7. The number of nitrogens with one attached hydrogen (secondary N) is 1. The van der Waals surface area contributed by atoms with Gasteiger partial charge in [0.2, 0.25) is 0 Å². The van der Waals surface area contributed by atoms with Gasteiger partial charge in [0.05, 0.1) is 6.61 Å². The number of halogens is 1. The lowest BCUT2D eigenvalue weighted by Gasteiger charge is -2.00.